The first kappa shape index (κ1) is 27.1. The molecular formula is C30H35N3O5. The minimum Gasteiger partial charge on any atom is -0.459 e. The van der Waals surface area contributed by atoms with Gasteiger partial charge in [-0.25, -0.2) is 0 Å². The van der Waals surface area contributed by atoms with Gasteiger partial charge >= 0.3 is 0 Å². The highest BCUT2D eigenvalue weighted by Gasteiger charge is 2.33. The van der Waals surface area contributed by atoms with Crippen molar-refractivity contribution in [1.29, 1.82) is 0 Å². The maximum atomic E-state index is 13.7. The molecule has 0 aliphatic carbocycles. The molecule has 200 valence electrons. The van der Waals surface area contributed by atoms with Crippen LogP contribution in [0.25, 0.3) is 0 Å². The molecule has 2 heterocycles. The van der Waals surface area contributed by atoms with Crippen molar-refractivity contribution in [1.82, 2.24) is 10.6 Å². The normalized spacial score (nSPS) is 16.4. The largest absolute Gasteiger partial charge is 0.459 e. The van der Waals surface area contributed by atoms with E-state index < -0.39 is 17.9 Å². The highest BCUT2D eigenvalue weighted by molar-refractivity contribution is 6.04. The molecule has 8 heteroatoms. The summed E-state index contributed by atoms with van der Waals surface area (Å²) in [4.78, 5) is 41.4. The molecule has 3 aromatic rings. The summed E-state index contributed by atoms with van der Waals surface area (Å²) >= 11 is 0. The van der Waals surface area contributed by atoms with Crippen LogP contribution in [-0.2, 0) is 14.3 Å². The van der Waals surface area contributed by atoms with Crippen LogP contribution in [0.3, 0.4) is 0 Å². The Morgan fingerprint density at radius 1 is 0.974 bits per heavy atom. The van der Waals surface area contributed by atoms with Crippen LogP contribution in [0.1, 0.15) is 66.8 Å². The Hall–Kier alpha value is -3.91. The number of nitrogens with zero attached hydrogens (tertiary/aromatic N) is 1. The number of benzene rings is 2. The predicted molar refractivity (Wildman–Crippen MR) is 145 cm³/mol. The van der Waals surface area contributed by atoms with Gasteiger partial charge < -0.3 is 19.8 Å². The third kappa shape index (κ3) is 6.69. The van der Waals surface area contributed by atoms with E-state index in [9.17, 15) is 14.4 Å². The second-order valence-corrected chi connectivity index (χ2v) is 9.52. The average molecular weight is 518 g/mol. The first-order valence-corrected chi connectivity index (χ1v) is 13.2. The second-order valence-electron chi connectivity index (χ2n) is 9.52. The Kier molecular flexibility index (Phi) is 9.32. The quantitative estimate of drug-likeness (QED) is 0.387. The lowest BCUT2D eigenvalue weighted by Crippen LogP contribution is -2.48. The summed E-state index contributed by atoms with van der Waals surface area (Å²) in [5.41, 5.74) is 2.37. The molecule has 0 unspecified atom stereocenters. The van der Waals surface area contributed by atoms with E-state index in [0.29, 0.717) is 30.3 Å². The molecule has 1 aromatic heterocycles. The number of carbonyl (C=O) groups excluding carboxylic acids is 3. The fourth-order valence-electron chi connectivity index (χ4n) is 4.54. The van der Waals surface area contributed by atoms with Crippen molar-refractivity contribution in [2.75, 3.05) is 24.6 Å². The molecule has 1 aliphatic rings. The van der Waals surface area contributed by atoms with E-state index >= 15 is 0 Å². The van der Waals surface area contributed by atoms with E-state index in [1.807, 2.05) is 54.6 Å². The number of amides is 3. The minimum absolute atomic E-state index is 0.0399. The lowest BCUT2D eigenvalue weighted by molar-refractivity contribution is -0.126. The van der Waals surface area contributed by atoms with Crippen LogP contribution in [0, 0.1) is 0 Å². The van der Waals surface area contributed by atoms with Crippen molar-refractivity contribution in [3.05, 3.63) is 89.9 Å². The zero-order valence-electron chi connectivity index (χ0n) is 21.9. The Morgan fingerprint density at radius 3 is 2.37 bits per heavy atom. The summed E-state index contributed by atoms with van der Waals surface area (Å²) < 4.78 is 10.8. The maximum absolute atomic E-state index is 13.7. The molecule has 2 aromatic carbocycles. The van der Waals surface area contributed by atoms with E-state index in [2.05, 4.69) is 24.5 Å². The van der Waals surface area contributed by atoms with Gasteiger partial charge in [-0.05, 0) is 60.6 Å². The van der Waals surface area contributed by atoms with Crippen molar-refractivity contribution in [2.24, 2.45) is 0 Å². The Balaban J connectivity index is 1.65. The Labute approximate surface area is 223 Å². The SMILES string of the molecule is CC[C@H](C)c1ccc(N(C(=O)CNC(=O)c2ccco2)[C@H](C(=O)NC[C@@H]2CCCO2)c2ccccc2)cc1. The Morgan fingerprint density at radius 2 is 1.74 bits per heavy atom. The molecule has 1 aliphatic heterocycles. The minimum atomic E-state index is -0.944. The number of ether oxygens (including phenoxy) is 1. The third-order valence-corrected chi connectivity index (χ3v) is 6.92. The fraction of sp³-hybridized carbons (Fsp3) is 0.367. The zero-order valence-corrected chi connectivity index (χ0v) is 21.9. The van der Waals surface area contributed by atoms with Gasteiger partial charge in [-0.15, -0.1) is 0 Å². The molecule has 1 saturated heterocycles. The van der Waals surface area contributed by atoms with E-state index in [-0.39, 0.29) is 24.3 Å². The number of hydrogen-bond donors (Lipinski definition) is 2. The lowest BCUT2D eigenvalue weighted by atomic mass is 9.97. The van der Waals surface area contributed by atoms with Crippen LogP contribution < -0.4 is 15.5 Å². The molecule has 38 heavy (non-hydrogen) atoms. The fourth-order valence-corrected chi connectivity index (χ4v) is 4.54. The molecule has 1 fully saturated rings. The van der Waals surface area contributed by atoms with Crippen molar-refractivity contribution in [3.63, 3.8) is 0 Å². The standard InChI is InChI=1S/C30H35N3O5/c1-3-21(2)22-13-15-24(16-14-22)33(27(34)20-32-29(35)26-12-8-18-38-26)28(23-9-5-4-6-10-23)30(36)31-19-25-11-7-17-37-25/h4-6,8-10,12-16,18,21,25,28H,3,7,11,17,19-20H2,1-2H3,(H,31,36)(H,32,35)/t21-,25-,28-/m0/s1. The topological polar surface area (TPSA) is 101 Å². The molecule has 4 rings (SSSR count). The van der Waals surface area contributed by atoms with Gasteiger partial charge in [0.15, 0.2) is 5.76 Å². The molecular weight excluding hydrogens is 482 g/mol. The monoisotopic (exact) mass is 517 g/mol. The summed E-state index contributed by atoms with van der Waals surface area (Å²) in [5, 5.41) is 5.61. The summed E-state index contributed by atoms with van der Waals surface area (Å²) in [7, 11) is 0. The van der Waals surface area contributed by atoms with Gasteiger partial charge in [0.2, 0.25) is 11.8 Å². The predicted octanol–water partition coefficient (Wildman–Crippen LogP) is 4.59. The summed E-state index contributed by atoms with van der Waals surface area (Å²) in [6.07, 6.45) is 4.19. The molecule has 0 spiro atoms. The molecule has 2 N–H and O–H groups in total. The second kappa shape index (κ2) is 13.1. The third-order valence-electron chi connectivity index (χ3n) is 6.92. The average Bonchev–Trinajstić information content (AvgIpc) is 3.68. The molecule has 0 bridgehead atoms. The first-order chi connectivity index (χ1) is 18.5. The number of anilines is 1. The summed E-state index contributed by atoms with van der Waals surface area (Å²) in [6.45, 7) is 5.01. The van der Waals surface area contributed by atoms with Crippen LogP contribution in [0.4, 0.5) is 5.69 Å². The molecule has 0 saturated carbocycles. The van der Waals surface area contributed by atoms with Gasteiger partial charge in [0.1, 0.15) is 6.04 Å². The van der Waals surface area contributed by atoms with Crippen LogP contribution in [0.15, 0.2) is 77.4 Å². The van der Waals surface area contributed by atoms with Crippen LogP contribution in [-0.4, -0.2) is 43.5 Å². The lowest BCUT2D eigenvalue weighted by Gasteiger charge is -2.32. The smallest absolute Gasteiger partial charge is 0.287 e. The molecule has 3 atom stereocenters. The van der Waals surface area contributed by atoms with Gasteiger partial charge in [0.25, 0.3) is 5.91 Å². The van der Waals surface area contributed by atoms with Gasteiger partial charge in [-0.2, -0.15) is 0 Å². The van der Waals surface area contributed by atoms with Crippen LogP contribution in [0.2, 0.25) is 0 Å². The van der Waals surface area contributed by atoms with Crippen molar-refractivity contribution < 1.29 is 23.5 Å². The van der Waals surface area contributed by atoms with Crippen molar-refractivity contribution in [3.8, 4) is 0 Å². The van der Waals surface area contributed by atoms with Crippen LogP contribution in [0.5, 0.6) is 0 Å². The van der Waals surface area contributed by atoms with Gasteiger partial charge in [-0.3, -0.25) is 19.3 Å². The van der Waals surface area contributed by atoms with Crippen molar-refractivity contribution in [2.45, 2.75) is 51.2 Å². The molecule has 3 amide bonds. The maximum Gasteiger partial charge on any atom is 0.287 e. The first-order valence-electron chi connectivity index (χ1n) is 13.2. The van der Waals surface area contributed by atoms with E-state index in [0.717, 1.165) is 24.8 Å². The highest BCUT2D eigenvalue weighted by Crippen LogP contribution is 2.30. The molecule has 0 radical (unpaired) electrons. The van der Waals surface area contributed by atoms with Gasteiger partial charge in [-0.1, -0.05) is 56.3 Å². The zero-order chi connectivity index (χ0) is 26.9. The van der Waals surface area contributed by atoms with E-state index in [1.165, 1.54) is 17.2 Å². The molecule has 8 nitrogen and oxygen atoms in total. The summed E-state index contributed by atoms with van der Waals surface area (Å²) in [6, 6.07) is 19.1. The van der Waals surface area contributed by atoms with E-state index in [1.54, 1.807) is 6.07 Å². The summed E-state index contributed by atoms with van der Waals surface area (Å²) in [5.74, 6) is -0.781. The number of carbonyl (C=O) groups is 3. The Bertz CT molecular complexity index is 1190. The van der Waals surface area contributed by atoms with Crippen molar-refractivity contribution >= 4 is 23.4 Å². The van der Waals surface area contributed by atoms with Gasteiger partial charge in [0, 0.05) is 18.8 Å². The van der Waals surface area contributed by atoms with Gasteiger partial charge in [0.05, 0.1) is 18.9 Å². The number of nitrogens with one attached hydrogen (secondary N) is 2. The number of rotatable bonds is 11. The van der Waals surface area contributed by atoms with E-state index in [4.69, 9.17) is 9.15 Å². The highest BCUT2D eigenvalue weighted by atomic mass is 16.5. The van der Waals surface area contributed by atoms with Crippen LogP contribution >= 0.6 is 0 Å². The number of hydrogen-bond acceptors (Lipinski definition) is 5. The number of furan rings is 1.